The number of benzene rings is 1. The number of anilines is 1. The van der Waals surface area contributed by atoms with E-state index in [1.165, 1.54) is 0 Å². The molecule has 96 valence electrons. The van der Waals surface area contributed by atoms with Crippen molar-refractivity contribution in [3.8, 4) is 0 Å². The number of halogens is 1. The van der Waals surface area contributed by atoms with E-state index >= 15 is 0 Å². The summed E-state index contributed by atoms with van der Waals surface area (Å²) in [6.07, 6.45) is 1.53. The molecule has 0 unspecified atom stereocenters. The molecule has 1 aromatic carbocycles. The Hall–Kier alpha value is -1.55. The zero-order chi connectivity index (χ0) is 13.0. The Labute approximate surface area is 111 Å². The van der Waals surface area contributed by atoms with E-state index in [4.69, 9.17) is 11.6 Å². The molecule has 0 aromatic heterocycles. The third-order valence-electron chi connectivity index (χ3n) is 2.95. The molecule has 1 aromatic rings. The Morgan fingerprint density at radius 2 is 2.17 bits per heavy atom. The second kappa shape index (κ2) is 5.87. The number of hydrogen-bond donors (Lipinski definition) is 1. The van der Waals surface area contributed by atoms with E-state index < -0.39 is 0 Å². The van der Waals surface area contributed by atoms with Crippen molar-refractivity contribution in [1.29, 1.82) is 0 Å². The molecular weight excluding hydrogens is 252 g/mol. The van der Waals surface area contributed by atoms with Gasteiger partial charge in [0, 0.05) is 25.2 Å². The summed E-state index contributed by atoms with van der Waals surface area (Å²) < 4.78 is 0. The summed E-state index contributed by atoms with van der Waals surface area (Å²) in [5, 5.41) is 2.74. The maximum Gasteiger partial charge on any atom is 0.239 e. The number of carbonyl (C=O) groups is 2. The van der Waals surface area contributed by atoms with E-state index in [1.807, 2.05) is 29.2 Å². The van der Waals surface area contributed by atoms with Gasteiger partial charge in [0.1, 0.15) is 5.88 Å². The number of nitrogens with zero attached hydrogens (tertiary/aromatic N) is 1. The molecule has 0 aliphatic carbocycles. The van der Waals surface area contributed by atoms with Crippen LogP contribution in [0.25, 0.3) is 0 Å². The van der Waals surface area contributed by atoms with Crippen molar-refractivity contribution < 1.29 is 9.59 Å². The van der Waals surface area contributed by atoms with Crippen LogP contribution in [-0.4, -0.2) is 29.1 Å². The van der Waals surface area contributed by atoms with Crippen LogP contribution in [0.15, 0.2) is 24.3 Å². The van der Waals surface area contributed by atoms with Gasteiger partial charge in [-0.05, 0) is 18.1 Å². The summed E-state index contributed by atoms with van der Waals surface area (Å²) in [4.78, 5) is 24.7. The largest absolute Gasteiger partial charge is 0.338 e. The zero-order valence-electron chi connectivity index (χ0n) is 9.99. The van der Waals surface area contributed by atoms with E-state index in [9.17, 15) is 9.59 Å². The van der Waals surface area contributed by atoms with Crippen molar-refractivity contribution in [2.24, 2.45) is 0 Å². The molecule has 2 rings (SSSR count). The molecule has 2 amide bonds. The number of para-hydroxylation sites is 1. The van der Waals surface area contributed by atoms with Crippen LogP contribution in [0, 0.1) is 0 Å². The molecular formula is C13H15ClN2O2. The standard InChI is InChI=1S/C13H15ClN2O2/c14-8-12(17)15-11-5-2-1-4-10(11)9-16-7-3-6-13(16)18/h1-2,4-5H,3,6-9H2,(H,15,17). The summed E-state index contributed by atoms with van der Waals surface area (Å²) in [6, 6.07) is 7.47. The molecule has 0 saturated carbocycles. The smallest absolute Gasteiger partial charge is 0.239 e. The maximum atomic E-state index is 11.6. The first-order chi connectivity index (χ1) is 8.70. The van der Waals surface area contributed by atoms with Gasteiger partial charge >= 0.3 is 0 Å². The molecule has 1 saturated heterocycles. The zero-order valence-corrected chi connectivity index (χ0v) is 10.7. The van der Waals surface area contributed by atoms with E-state index in [0.717, 1.165) is 24.2 Å². The van der Waals surface area contributed by atoms with Gasteiger partial charge in [-0.1, -0.05) is 18.2 Å². The molecule has 1 heterocycles. The molecule has 0 atom stereocenters. The number of nitrogens with one attached hydrogen (secondary N) is 1. The Bertz CT molecular complexity index is 462. The van der Waals surface area contributed by atoms with E-state index in [2.05, 4.69) is 5.32 Å². The van der Waals surface area contributed by atoms with Gasteiger partial charge in [0.05, 0.1) is 0 Å². The minimum atomic E-state index is -0.239. The summed E-state index contributed by atoms with van der Waals surface area (Å²) >= 11 is 5.47. The van der Waals surface area contributed by atoms with Gasteiger partial charge in [0.2, 0.25) is 11.8 Å². The molecule has 18 heavy (non-hydrogen) atoms. The van der Waals surface area contributed by atoms with Crippen LogP contribution in [0.1, 0.15) is 18.4 Å². The van der Waals surface area contributed by atoms with Crippen LogP contribution in [0.4, 0.5) is 5.69 Å². The number of carbonyl (C=O) groups excluding carboxylic acids is 2. The molecule has 1 fully saturated rings. The lowest BCUT2D eigenvalue weighted by Crippen LogP contribution is -2.25. The molecule has 1 N–H and O–H groups in total. The van der Waals surface area contributed by atoms with Crippen molar-refractivity contribution >= 4 is 29.1 Å². The number of likely N-dealkylation sites (tertiary alicyclic amines) is 1. The van der Waals surface area contributed by atoms with Crippen molar-refractivity contribution in [3.63, 3.8) is 0 Å². The third-order valence-corrected chi connectivity index (χ3v) is 3.19. The first kappa shape index (κ1) is 12.9. The highest BCUT2D eigenvalue weighted by molar-refractivity contribution is 6.29. The second-order valence-corrected chi connectivity index (χ2v) is 4.53. The number of hydrogen-bond acceptors (Lipinski definition) is 2. The van der Waals surface area contributed by atoms with Gasteiger partial charge in [-0.25, -0.2) is 0 Å². The number of amides is 2. The first-order valence-electron chi connectivity index (χ1n) is 5.92. The topological polar surface area (TPSA) is 49.4 Å². The van der Waals surface area contributed by atoms with Crippen LogP contribution in [0.2, 0.25) is 0 Å². The average molecular weight is 267 g/mol. The van der Waals surface area contributed by atoms with Gasteiger partial charge < -0.3 is 10.2 Å². The third kappa shape index (κ3) is 3.01. The normalized spacial score (nSPS) is 14.9. The first-order valence-corrected chi connectivity index (χ1v) is 6.45. The van der Waals surface area contributed by atoms with Crippen LogP contribution >= 0.6 is 11.6 Å². The number of rotatable bonds is 4. The molecule has 1 aliphatic rings. The van der Waals surface area contributed by atoms with Crippen LogP contribution < -0.4 is 5.32 Å². The Balaban J connectivity index is 2.11. The summed E-state index contributed by atoms with van der Waals surface area (Å²) in [5.41, 5.74) is 1.66. The lowest BCUT2D eigenvalue weighted by Gasteiger charge is -2.18. The fourth-order valence-corrected chi connectivity index (χ4v) is 2.11. The Kier molecular flexibility index (Phi) is 4.20. The van der Waals surface area contributed by atoms with Crippen molar-refractivity contribution in [2.75, 3.05) is 17.7 Å². The molecule has 1 aliphatic heterocycles. The Morgan fingerprint density at radius 1 is 1.39 bits per heavy atom. The second-order valence-electron chi connectivity index (χ2n) is 4.26. The van der Waals surface area contributed by atoms with Crippen LogP contribution in [0.5, 0.6) is 0 Å². The fraction of sp³-hybridized carbons (Fsp3) is 0.385. The van der Waals surface area contributed by atoms with E-state index in [0.29, 0.717) is 13.0 Å². The number of alkyl halides is 1. The van der Waals surface area contributed by atoms with E-state index in [-0.39, 0.29) is 17.7 Å². The van der Waals surface area contributed by atoms with Gasteiger partial charge in [-0.2, -0.15) is 0 Å². The van der Waals surface area contributed by atoms with Gasteiger partial charge in [-0.3, -0.25) is 9.59 Å². The Morgan fingerprint density at radius 3 is 2.83 bits per heavy atom. The monoisotopic (exact) mass is 266 g/mol. The van der Waals surface area contributed by atoms with Gasteiger partial charge in [-0.15, -0.1) is 11.6 Å². The van der Waals surface area contributed by atoms with Crippen LogP contribution in [-0.2, 0) is 16.1 Å². The van der Waals surface area contributed by atoms with E-state index in [1.54, 1.807) is 0 Å². The highest BCUT2D eigenvalue weighted by Gasteiger charge is 2.21. The highest BCUT2D eigenvalue weighted by Crippen LogP contribution is 2.20. The molecule has 0 bridgehead atoms. The predicted molar refractivity (Wildman–Crippen MR) is 70.4 cm³/mol. The van der Waals surface area contributed by atoms with Gasteiger partial charge in [0.25, 0.3) is 0 Å². The SMILES string of the molecule is O=C(CCl)Nc1ccccc1CN1CCCC1=O. The lowest BCUT2D eigenvalue weighted by atomic mass is 10.1. The predicted octanol–water partition coefficient (Wildman–Crippen LogP) is 1.99. The minimum absolute atomic E-state index is 0.0724. The van der Waals surface area contributed by atoms with Crippen molar-refractivity contribution in [1.82, 2.24) is 4.90 Å². The molecule has 0 radical (unpaired) electrons. The fourth-order valence-electron chi connectivity index (χ4n) is 2.04. The lowest BCUT2D eigenvalue weighted by molar-refractivity contribution is -0.128. The van der Waals surface area contributed by atoms with Crippen LogP contribution in [0.3, 0.4) is 0 Å². The van der Waals surface area contributed by atoms with Gasteiger partial charge in [0.15, 0.2) is 0 Å². The van der Waals surface area contributed by atoms with Crippen molar-refractivity contribution in [2.45, 2.75) is 19.4 Å². The highest BCUT2D eigenvalue weighted by atomic mass is 35.5. The summed E-state index contributed by atoms with van der Waals surface area (Å²) in [7, 11) is 0. The average Bonchev–Trinajstić information content (AvgIpc) is 2.77. The molecule has 4 nitrogen and oxygen atoms in total. The summed E-state index contributed by atoms with van der Waals surface area (Å²) in [5.74, 6) is -0.137. The molecule has 5 heteroatoms. The molecule has 0 spiro atoms. The maximum absolute atomic E-state index is 11.6. The quantitative estimate of drug-likeness (QED) is 0.848. The van der Waals surface area contributed by atoms with Crippen molar-refractivity contribution in [3.05, 3.63) is 29.8 Å². The summed E-state index contributed by atoms with van der Waals surface area (Å²) in [6.45, 7) is 1.33. The minimum Gasteiger partial charge on any atom is -0.338 e.